The Morgan fingerprint density at radius 1 is 1.56 bits per heavy atom. The number of aromatic nitrogens is 2. The van der Waals surface area contributed by atoms with Gasteiger partial charge in [-0.3, -0.25) is 4.79 Å². The zero-order valence-electron chi connectivity index (χ0n) is 10.2. The van der Waals surface area contributed by atoms with Gasteiger partial charge in [-0.1, -0.05) is 0 Å². The molecule has 2 rings (SSSR count). The number of fused-ring (bicyclic) bond motifs is 1. The molecule has 2 aromatic rings. The van der Waals surface area contributed by atoms with Crippen LogP contribution in [0.25, 0.3) is 10.9 Å². The number of rotatable bonds is 5. The first kappa shape index (κ1) is 12.5. The van der Waals surface area contributed by atoms with Gasteiger partial charge in [0.25, 0.3) is 6.41 Å². The van der Waals surface area contributed by atoms with Crippen molar-refractivity contribution < 1.29 is 19.4 Å². The van der Waals surface area contributed by atoms with Crippen LogP contribution >= 0.6 is 0 Å². The van der Waals surface area contributed by atoms with Crippen LogP contribution < -0.4 is 4.74 Å². The molecule has 1 N–H and O–H groups in total. The molecule has 0 amide bonds. The zero-order valence-corrected chi connectivity index (χ0v) is 10.2. The number of aliphatic hydroxyl groups excluding tert-OH is 1. The van der Waals surface area contributed by atoms with E-state index in [2.05, 4.69) is 5.10 Å². The van der Waals surface area contributed by atoms with E-state index >= 15 is 0 Å². The molecule has 0 aliphatic carbocycles. The van der Waals surface area contributed by atoms with Gasteiger partial charge in [0, 0.05) is 18.1 Å². The van der Waals surface area contributed by atoms with Gasteiger partial charge in [-0.25, -0.2) is 4.68 Å². The molecule has 18 heavy (non-hydrogen) atoms. The molecule has 0 fully saturated rings. The normalized spacial score (nSPS) is 12.6. The molecule has 1 atom stereocenters. The third kappa shape index (κ3) is 2.07. The second-order valence-corrected chi connectivity index (χ2v) is 3.61. The molecule has 0 aliphatic heterocycles. The summed E-state index contributed by atoms with van der Waals surface area (Å²) in [5.41, 5.74) is 0.837. The van der Waals surface area contributed by atoms with Gasteiger partial charge in [0.15, 0.2) is 6.29 Å². The van der Waals surface area contributed by atoms with E-state index in [1.165, 1.54) is 4.68 Å². The van der Waals surface area contributed by atoms with Crippen molar-refractivity contribution in [3.05, 3.63) is 23.9 Å². The van der Waals surface area contributed by atoms with Gasteiger partial charge in [-0.15, -0.1) is 0 Å². The highest BCUT2D eigenvalue weighted by Gasteiger charge is 2.16. The number of carbonyl (C=O) groups excluding carboxylic acids is 1. The Morgan fingerprint density at radius 3 is 2.94 bits per heavy atom. The average molecular weight is 250 g/mol. The summed E-state index contributed by atoms with van der Waals surface area (Å²) in [6.07, 6.45) is -0.581. The van der Waals surface area contributed by atoms with Crippen LogP contribution in [0.4, 0.5) is 0 Å². The first-order valence-corrected chi connectivity index (χ1v) is 5.52. The van der Waals surface area contributed by atoms with Gasteiger partial charge in [0.05, 0.1) is 12.6 Å². The Kier molecular flexibility index (Phi) is 3.59. The Balaban J connectivity index is 2.60. The van der Waals surface area contributed by atoms with E-state index in [4.69, 9.17) is 9.47 Å². The Labute approximate surface area is 104 Å². The highest BCUT2D eigenvalue weighted by atomic mass is 16.6. The fourth-order valence-corrected chi connectivity index (χ4v) is 1.74. The van der Waals surface area contributed by atoms with Crippen molar-refractivity contribution in [2.75, 3.05) is 13.7 Å². The van der Waals surface area contributed by atoms with E-state index in [1.807, 2.05) is 0 Å². The van der Waals surface area contributed by atoms with Crippen molar-refractivity contribution in [3.8, 4) is 5.75 Å². The molecule has 0 bridgehead atoms. The Hall–Kier alpha value is -1.92. The van der Waals surface area contributed by atoms with Crippen LogP contribution in [0.3, 0.4) is 0 Å². The van der Waals surface area contributed by atoms with Gasteiger partial charge in [0.2, 0.25) is 0 Å². The molecule has 1 heterocycles. The van der Waals surface area contributed by atoms with Gasteiger partial charge < -0.3 is 14.6 Å². The van der Waals surface area contributed by atoms with Crippen molar-refractivity contribution >= 4 is 17.2 Å². The number of methoxy groups -OCH3 is 1. The molecule has 6 heteroatoms. The van der Waals surface area contributed by atoms with Crippen molar-refractivity contribution in [1.29, 1.82) is 0 Å². The molecule has 6 nitrogen and oxygen atoms in total. The number of aldehydes is 1. The van der Waals surface area contributed by atoms with Crippen molar-refractivity contribution in [1.82, 2.24) is 9.78 Å². The maximum absolute atomic E-state index is 10.9. The molecule has 0 aliphatic rings. The number of aliphatic hydroxyl groups is 1. The van der Waals surface area contributed by atoms with Gasteiger partial charge in [-0.2, -0.15) is 5.10 Å². The standard InChI is InChI=1S/C12H14N2O4/c1-3-18-12(16)14-11-6-8(17-2)4-5-9(11)10(7-15)13-14/h4-7,12,16H,3H2,1-2H3. The number of ether oxygens (including phenoxy) is 2. The SMILES string of the molecule is CCOC(O)n1nc(C=O)c2ccc(OC)cc21. The molecule has 0 spiro atoms. The lowest BCUT2D eigenvalue weighted by Crippen LogP contribution is -2.13. The molecule has 0 saturated heterocycles. The fourth-order valence-electron chi connectivity index (χ4n) is 1.74. The van der Waals surface area contributed by atoms with Crippen LogP contribution in [0.5, 0.6) is 5.75 Å². The summed E-state index contributed by atoms with van der Waals surface area (Å²) in [4.78, 5) is 10.9. The minimum Gasteiger partial charge on any atom is -0.497 e. The smallest absolute Gasteiger partial charge is 0.257 e. The monoisotopic (exact) mass is 250 g/mol. The molecule has 96 valence electrons. The second-order valence-electron chi connectivity index (χ2n) is 3.61. The van der Waals surface area contributed by atoms with Gasteiger partial charge >= 0.3 is 0 Å². The number of benzene rings is 1. The average Bonchev–Trinajstić information content (AvgIpc) is 2.76. The largest absolute Gasteiger partial charge is 0.497 e. The molecule has 1 unspecified atom stereocenters. The lowest BCUT2D eigenvalue weighted by molar-refractivity contribution is -0.153. The van der Waals surface area contributed by atoms with Crippen LogP contribution in [-0.2, 0) is 4.74 Å². The van der Waals surface area contributed by atoms with Crippen molar-refractivity contribution in [2.24, 2.45) is 0 Å². The van der Waals surface area contributed by atoms with Crippen LogP contribution in [0.15, 0.2) is 18.2 Å². The fraction of sp³-hybridized carbons (Fsp3) is 0.333. The summed E-state index contributed by atoms with van der Waals surface area (Å²) in [7, 11) is 1.54. The predicted octanol–water partition coefficient (Wildman–Crippen LogP) is 1.34. The third-order valence-corrected chi connectivity index (χ3v) is 2.58. The van der Waals surface area contributed by atoms with Gasteiger partial charge in [-0.05, 0) is 19.1 Å². The van der Waals surface area contributed by atoms with Crippen LogP contribution in [0.1, 0.15) is 23.8 Å². The highest BCUT2D eigenvalue weighted by molar-refractivity contribution is 5.95. The van der Waals surface area contributed by atoms with E-state index in [0.29, 0.717) is 29.5 Å². The predicted molar refractivity (Wildman–Crippen MR) is 64.6 cm³/mol. The number of carbonyl (C=O) groups is 1. The quantitative estimate of drug-likeness (QED) is 0.640. The first-order chi connectivity index (χ1) is 8.71. The molecule has 1 aromatic carbocycles. The molecular formula is C12H14N2O4. The minimum absolute atomic E-state index is 0.256. The maximum atomic E-state index is 10.9. The third-order valence-electron chi connectivity index (χ3n) is 2.58. The van der Waals surface area contributed by atoms with E-state index in [1.54, 1.807) is 32.2 Å². The summed E-state index contributed by atoms with van der Waals surface area (Å²) in [5, 5.41) is 14.5. The highest BCUT2D eigenvalue weighted by Crippen LogP contribution is 2.25. The van der Waals surface area contributed by atoms with Crippen LogP contribution in [0.2, 0.25) is 0 Å². The first-order valence-electron chi connectivity index (χ1n) is 5.52. The molecule has 0 radical (unpaired) electrons. The number of nitrogens with zero attached hydrogens (tertiary/aromatic N) is 2. The summed E-state index contributed by atoms with van der Waals surface area (Å²) < 4.78 is 11.4. The summed E-state index contributed by atoms with van der Waals surface area (Å²) >= 11 is 0. The van der Waals surface area contributed by atoms with Crippen LogP contribution in [0, 0.1) is 0 Å². The number of hydrogen-bond acceptors (Lipinski definition) is 5. The maximum Gasteiger partial charge on any atom is 0.257 e. The second kappa shape index (κ2) is 5.16. The van der Waals surface area contributed by atoms with E-state index < -0.39 is 6.41 Å². The summed E-state index contributed by atoms with van der Waals surface area (Å²) in [6, 6.07) is 5.14. The van der Waals surface area contributed by atoms with Crippen molar-refractivity contribution in [3.63, 3.8) is 0 Å². The lowest BCUT2D eigenvalue weighted by Gasteiger charge is -2.11. The Morgan fingerprint density at radius 2 is 2.33 bits per heavy atom. The van der Waals surface area contributed by atoms with Gasteiger partial charge in [0.1, 0.15) is 11.4 Å². The molecule has 0 saturated carbocycles. The van der Waals surface area contributed by atoms with E-state index in [9.17, 15) is 9.90 Å². The summed E-state index contributed by atoms with van der Waals surface area (Å²) in [5.74, 6) is 0.616. The minimum atomic E-state index is -1.22. The summed E-state index contributed by atoms with van der Waals surface area (Å²) in [6.45, 7) is 2.10. The lowest BCUT2D eigenvalue weighted by atomic mass is 10.2. The van der Waals surface area contributed by atoms with E-state index in [-0.39, 0.29) is 5.69 Å². The topological polar surface area (TPSA) is 73.6 Å². The molecule has 1 aromatic heterocycles. The zero-order chi connectivity index (χ0) is 13.1. The van der Waals surface area contributed by atoms with E-state index in [0.717, 1.165) is 0 Å². The van der Waals surface area contributed by atoms with Crippen LogP contribution in [-0.4, -0.2) is 34.9 Å². The Bertz CT molecular complexity index is 564. The van der Waals surface area contributed by atoms with Crippen molar-refractivity contribution in [2.45, 2.75) is 13.3 Å². The molecular weight excluding hydrogens is 236 g/mol. The number of hydrogen-bond donors (Lipinski definition) is 1.